The Morgan fingerprint density at radius 1 is 1.17 bits per heavy atom. The molecule has 0 aromatic heterocycles. The summed E-state index contributed by atoms with van der Waals surface area (Å²) < 4.78 is 1.13. The van der Waals surface area contributed by atoms with Gasteiger partial charge < -0.3 is 4.85 Å². The van der Waals surface area contributed by atoms with Gasteiger partial charge in [0.05, 0.1) is 0 Å². The molecular weight excluding hydrogens is 214 g/mol. The molecule has 0 aliphatic heterocycles. The van der Waals surface area contributed by atoms with Gasteiger partial charge in [-0.1, -0.05) is 48.0 Å². The van der Waals surface area contributed by atoms with Crippen LogP contribution in [0.5, 0.6) is 0 Å². The van der Waals surface area contributed by atoms with Gasteiger partial charge in [-0.25, -0.2) is 6.57 Å². The highest BCUT2D eigenvalue weighted by atomic mass is 79.9. The van der Waals surface area contributed by atoms with Crippen LogP contribution in [0.25, 0.3) is 4.85 Å². The zero-order valence-electron chi connectivity index (χ0n) is 7.71. The smallest absolute Gasteiger partial charge is 0.205 e. The van der Waals surface area contributed by atoms with E-state index in [0.717, 1.165) is 4.47 Å². The van der Waals surface area contributed by atoms with Gasteiger partial charge in [0, 0.05) is 4.47 Å². The molecule has 0 saturated carbocycles. The molecule has 1 nitrogen and oxygen atoms in total. The van der Waals surface area contributed by atoms with Gasteiger partial charge in [-0.3, -0.25) is 0 Å². The summed E-state index contributed by atoms with van der Waals surface area (Å²) in [4.78, 5) is 2.75. The molecule has 0 aliphatic carbocycles. The summed E-state index contributed by atoms with van der Waals surface area (Å²) >= 11 is 3.31. The van der Waals surface area contributed by atoms with Crippen LogP contribution in [0.3, 0.4) is 0 Å². The highest BCUT2D eigenvalue weighted by Crippen LogP contribution is 2.05. The molecule has 0 aliphatic rings. The summed E-state index contributed by atoms with van der Waals surface area (Å²) in [6.07, 6.45) is 0. The number of hydrogen-bond donors (Lipinski definition) is 0. The zero-order chi connectivity index (χ0) is 9.82. The predicted octanol–water partition coefficient (Wildman–Crippen LogP) is 4.01. The Labute approximate surface area is 83.4 Å². The molecule has 0 fully saturated rings. The van der Waals surface area contributed by atoms with Gasteiger partial charge in [0.15, 0.2) is 0 Å². The van der Waals surface area contributed by atoms with Gasteiger partial charge in [0.25, 0.3) is 0 Å². The second kappa shape index (κ2) is 12.8. The van der Waals surface area contributed by atoms with E-state index in [1.54, 1.807) is 0 Å². The topological polar surface area (TPSA) is 4.36 Å². The summed E-state index contributed by atoms with van der Waals surface area (Å²) in [6.45, 7) is 9.83. The highest BCUT2D eigenvalue weighted by molar-refractivity contribution is 9.10. The maximum Gasteiger partial charge on any atom is 0.205 e. The van der Waals surface area contributed by atoms with E-state index < -0.39 is 0 Å². The van der Waals surface area contributed by atoms with E-state index in [2.05, 4.69) is 20.8 Å². The van der Waals surface area contributed by atoms with Gasteiger partial charge in [-0.2, -0.15) is 0 Å². The minimum absolute atomic E-state index is 1.13. The summed E-state index contributed by atoms with van der Waals surface area (Å²) in [5.41, 5.74) is 0. The zero-order valence-corrected chi connectivity index (χ0v) is 9.30. The first kappa shape index (κ1) is 13.8. The Morgan fingerprint density at radius 2 is 1.50 bits per heavy atom. The van der Waals surface area contributed by atoms with Crippen molar-refractivity contribution in [1.82, 2.24) is 0 Å². The second-order valence-electron chi connectivity index (χ2n) is 1.52. The lowest BCUT2D eigenvalue weighted by molar-refractivity contribution is 1.50. The van der Waals surface area contributed by atoms with E-state index in [1.807, 2.05) is 44.2 Å². The van der Waals surface area contributed by atoms with Crippen molar-refractivity contribution in [2.24, 2.45) is 0 Å². The molecule has 1 rings (SSSR count). The van der Waals surface area contributed by atoms with E-state index in [1.165, 1.54) is 7.05 Å². The largest absolute Gasteiger partial charge is 0.320 e. The molecule has 0 heterocycles. The number of nitrogens with zero attached hydrogens (tertiary/aromatic N) is 1. The molecular formula is C10H14BrN. The monoisotopic (exact) mass is 227 g/mol. The van der Waals surface area contributed by atoms with E-state index in [0.29, 0.717) is 0 Å². The number of rotatable bonds is 0. The Hall–Kier alpha value is -0.810. The molecule has 0 atom stereocenters. The van der Waals surface area contributed by atoms with Crippen molar-refractivity contribution in [1.29, 1.82) is 0 Å². The summed E-state index contributed by atoms with van der Waals surface area (Å²) in [7, 11) is 1.42. The fraction of sp³-hybridized carbons (Fsp3) is 0.300. The molecule has 0 amide bonds. The minimum Gasteiger partial charge on any atom is -0.320 e. The molecule has 0 radical (unpaired) electrons. The molecule has 1 aromatic carbocycles. The molecule has 0 unspecified atom stereocenters. The van der Waals surface area contributed by atoms with Crippen molar-refractivity contribution in [2.75, 3.05) is 7.05 Å². The van der Waals surface area contributed by atoms with E-state index in [4.69, 9.17) is 6.57 Å². The number of hydrogen-bond acceptors (Lipinski definition) is 0. The fourth-order valence-corrected chi connectivity index (χ4v) is 0.720. The maximum absolute atomic E-state index is 5.83. The van der Waals surface area contributed by atoms with Crippen molar-refractivity contribution >= 4 is 15.9 Å². The fourth-order valence-electron chi connectivity index (χ4n) is 0.415. The van der Waals surface area contributed by atoms with Crippen LogP contribution in [0.15, 0.2) is 34.8 Å². The standard InChI is InChI=1S/C6H5Br.C2H3N.C2H6/c7-6-4-2-1-3-5-6;1-3-2;1-2/h1-5H;1H3;1-2H3. The normalized spacial score (nSPS) is 6.25. The Balaban J connectivity index is 0. The van der Waals surface area contributed by atoms with Crippen LogP contribution >= 0.6 is 15.9 Å². The molecule has 0 saturated heterocycles. The van der Waals surface area contributed by atoms with Crippen LogP contribution < -0.4 is 0 Å². The van der Waals surface area contributed by atoms with Crippen molar-refractivity contribution in [3.8, 4) is 0 Å². The average Bonchev–Trinajstić information content (AvgIpc) is 2.11. The first-order chi connectivity index (χ1) is 5.81. The molecule has 0 N–H and O–H groups in total. The van der Waals surface area contributed by atoms with E-state index in [9.17, 15) is 0 Å². The van der Waals surface area contributed by atoms with Crippen LogP contribution in [0, 0.1) is 6.57 Å². The van der Waals surface area contributed by atoms with Crippen LogP contribution in [0.4, 0.5) is 0 Å². The Morgan fingerprint density at radius 3 is 1.67 bits per heavy atom. The molecule has 0 spiro atoms. The van der Waals surface area contributed by atoms with Crippen LogP contribution in [-0.4, -0.2) is 7.05 Å². The number of halogens is 1. The van der Waals surface area contributed by atoms with Gasteiger partial charge in [-0.05, 0) is 12.1 Å². The first-order valence-electron chi connectivity index (χ1n) is 3.77. The Kier molecular flexibility index (Phi) is 14.7. The van der Waals surface area contributed by atoms with Gasteiger partial charge in [0.1, 0.15) is 0 Å². The van der Waals surface area contributed by atoms with Crippen LogP contribution in [-0.2, 0) is 0 Å². The lowest BCUT2D eigenvalue weighted by Gasteiger charge is -1.80. The van der Waals surface area contributed by atoms with E-state index in [-0.39, 0.29) is 0 Å². The molecule has 0 bridgehead atoms. The molecule has 66 valence electrons. The third-order valence-corrected chi connectivity index (χ3v) is 1.26. The Bertz CT molecular complexity index is 201. The van der Waals surface area contributed by atoms with Gasteiger partial charge in [-0.15, -0.1) is 0 Å². The first-order valence-corrected chi connectivity index (χ1v) is 4.56. The maximum atomic E-state index is 5.83. The second-order valence-corrected chi connectivity index (χ2v) is 2.43. The molecule has 1 aromatic rings. The molecule has 2 heteroatoms. The third kappa shape index (κ3) is 11.9. The summed E-state index contributed by atoms with van der Waals surface area (Å²) in [6, 6.07) is 9.97. The van der Waals surface area contributed by atoms with Gasteiger partial charge >= 0.3 is 0 Å². The summed E-state index contributed by atoms with van der Waals surface area (Å²) in [5, 5.41) is 0. The molecule has 12 heavy (non-hydrogen) atoms. The van der Waals surface area contributed by atoms with Crippen molar-refractivity contribution in [3.63, 3.8) is 0 Å². The lowest BCUT2D eigenvalue weighted by atomic mass is 10.4. The lowest BCUT2D eigenvalue weighted by Crippen LogP contribution is -1.55. The predicted molar refractivity (Wildman–Crippen MR) is 58.0 cm³/mol. The van der Waals surface area contributed by atoms with Crippen molar-refractivity contribution in [2.45, 2.75) is 13.8 Å². The van der Waals surface area contributed by atoms with E-state index >= 15 is 0 Å². The minimum atomic E-state index is 1.13. The van der Waals surface area contributed by atoms with Crippen LogP contribution in [0.1, 0.15) is 13.8 Å². The van der Waals surface area contributed by atoms with Crippen molar-refractivity contribution in [3.05, 3.63) is 46.2 Å². The van der Waals surface area contributed by atoms with Crippen LogP contribution in [0.2, 0.25) is 0 Å². The number of benzene rings is 1. The van der Waals surface area contributed by atoms with Gasteiger partial charge in [0.2, 0.25) is 7.05 Å². The highest BCUT2D eigenvalue weighted by Gasteiger charge is 1.74. The average molecular weight is 228 g/mol. The third-order valence-electron chi connectivity index (χ3n) is 0.733. The van der Waals surface area contributed by atoms with Crippen molar-refractivity contribution < 1.29 is 0 Å². The summed E-state index contributed by atoms with van der Waals surface area (Å²) in [5.74, 6) is 0. The SMILES string of the molecule is Brc1ccccc1.CC.[C-]#[N+]C. The quantitative estimate of drug-likeness (QED) is 0.591.